The number of hydrogen-bond acceptors (Lipinski definition) is 1. The minimum atomic E-state index is 0.833. The van der Waals surface area contributed by atoms with E-state index in [0.717, 1.165) is 24.7 Å². The molecule has 1 rings (SSSR count). The summed E-state index contributed by atoms with van der Waals surface area (Å²) >= 11 is 0. The van der Waals surface area contributed by atoms with Crippen LogP contribution in [0.15, 0.2) is 23.8 Å². The Balaban J connectivity index is 2.58. The van der Waals surface area contributed by atoms with Crippen LogP contribution in [-0.4, -0.2) is 6.29 Å². The first kappa shape index (κ1) is 7.26. The first-order valence-electron chi connectivity index (χ1n) is 3.75. The largest absolute Gasteiger partial charge is 0.298 e. The Morgan fingerprint density at radius 2 is 2.10 bits per heavy atom. The van der Waals surface area contributed by atoms with Crippen LogP contribution in [0.5, 0.6) is 0 Å². The van der Waals surface area contributed by atoms with Crippen molar-refractivity contribution in [3.05, 3.63) is 23.8 Å². The SMILES string of the molecule is O=CC1=CCCCCC=C1. The standard InChI is InChI=1S/C9H12O/c10-8-9-6-4-2-1-3-5-7-9/h4,6-8H,1-3,5H2. The molecule has 0 saturated heterocycles. The summed E-state index contributed by atoms with van der Waals surface area (Å²) in [6, 6.07) is 0. The van der Waals surface area contributed by atoms with Crippen LogP contribution in [0, 0.1) is 0 Å². The molecule has 0 aromatic rings. The van der Waals surface area contributed by atoms with Gasteiger partial charge in [-0.05, 0) is 25.7 Å². The van der Waals surface area contributed by atoms with Crippen molar-refractivity contribution >= 4 is 6.29 Å². The molecule has 0 radical (unpaired) electrons. The van der Waals surface area contributed by atoms with Crippen LogP contribution in [0.4, 0.5) is 0 Å². The molecule has 54 valence electrons. The fraction of sp³-hybridized carbons (Fsp3) is 0.444. The second-order valence-electron chi connectivity index (χ2n) is 2.51. The molecule has 1 aliphatic rings. The number of allylic oxidation sites excluding steroid dienone is 4. The Kier molecular flexibility index (Phi) is 2.94. The zero-order valence-corrected chi connectivity index (χ0v) is 6.05. The summed E-state index contributed by atoms with van der Waals surface area (Å²) in [5.74, 6) is 0. The lowest BCUT2D eigenvalue weighted by molar-refractivity contribution is -0.104. The molecular formula is C9H12O. The molecule has 0 fully saturated rings. The lowest BCUT2D eigenvalue weighted by Gasteiger charge is -1.98. The molecule has 0 aromatic heterocycles. The maximum absolute atomic E-state index is 10.3. The van der Waals surface area contributed by atoms with Crippen LogP contribution in [0.2, 0.25) is 0 Å². The third-order valence-corrected chi connectivity index (χ3v) is 1.65. The summed E-state index contributed by atoms with van der Waals surface area (Å²) in [4.78, 5) is 10.3. The number of carbonyl (C=O) groups excluding carboxylic acids is 1. The third-order valence-electron chi connectivity index (χ3n) is 1.65. The fourth-order valence-corrected chi connectivity index (χ4v) is 1.05. The van der Waals surface area contributed by atoms with Gasteiger partial charge < -0.3 is 0 Å². The molecule has 10 heavy (non-hydrogen) atoms. The third kappa shape index (κ3) is 2.18. The smallest absolute Gasteiger partial charge is 0.149 e. The lowest BCUT2D eigenvalue weighted by atomic mass is 10.1. The highest BCUT2D eigenvalue weighted by atomic mass is 16.1. The summed E-state index contributed by atoms with van der Waals surface area (Å²) < 4.78 is 0. The number of rotatable bonds is 1. The van der Waals surface area contributed by atoms with Gasteiger partial charge in [0.15, 0.2) is 0 Å². The number of hydrogen-bond donors (Lipinski definition) is 0. The highest BCUT2D eigenvalue weighted by molar-refractivity contribution is 5.77. The van der Waals surface area contributed by atoms with Crippen molar-refractivity contribution in [2.45, 2.75) is 25.7 Å². The van der Waals surface area contributed by atoms with E-state index >= 15 is 0 Å². The van der Waals surface area contributed by atoms with E-state index in [-0.39, 0.29) is 0 Å². The molecule has 0 spiro atoms. The molecule has 1 aliphatic carbocycles. The van der Waals surface area contributed by atoms with Crippen molar-refractivity contribution in [3.63, 3.8) is 0 Å². The predicted molar refractivity (Wildman–Crippen MR) is 41.8 cm³/mol. The topological polar surface area (TPSA) is 17.1 Å². The molecule has 0 N–H and O–H groups in total. The summed E-state index contributed by atoms with van der Waals surface area (Å²) in [5, 5.41) is 0. The lowest BCUT2D eigenvalue weighted by Crippen LogP contribution is -1.84. The first-order valence-corrected chi connectivity index (χ1v) is 3.75. The Hall–Kier alpha value is -0.850. The van der Waals surface area contributed by atoms with Crippen molar-refractivity contribution in [2.24, 2.45) is 0 Å². The van der Waals surface area contributed by atoms with Crippen molar-refractivity contribution in [1.82, 2.24) is 0 Å². The van der Waals surface area contributed by atoms with Gasteiger partial charge in [-0.3, -0.25) is 4.79 Å². The quantitative estimate of drug-likeness (QED) is 0.505. The summed E-state index contributed by atoms with van der Waals surface area (Å²) in [6.07, 6.45) is 11.5. The molecule has 0 saturated carbocycles. The van der Waals surface area contributed by atoms with E-state index in [1.165, 1.54) is 12.8 Å². The average molecular weight is 136 g/mol. The predicted octanol–water partition coefficient (Wildman–Crippen LogP) is 2.24. The zero-order valence-electron chi connectivity index (χ0n) is 6.05. The number of aldehydes is 1. The van der Waals surface area contributed by atoms with Crippen molar-refractivity contribution in [2.75, 3.05) is 0 Å². The van der Waals surface area contributed by atoms with E-state index in [2.05, 4.69) is 6.08 Å². The molecule has 0 amide bonds. The second kappa shape index (κ2) is 4.04. The normalized spacial score (nSPS) is 19.0. The van der Waals surface area contributed by atoms with E-state index in [1.807, 2.05) is 12.2 Å². The van der Waals surface area contributed by atoms with E-state index < -0.39 is 0 Å². The van der Waals surface area contributed by atoms with E-state index in [0.29, 0.717) is 0 Å². The first-order chi connectivity index (χ1) is 4.93. The van der Waals surface area contributed by atoms with Gasteiger partial charge in [0, 0.05) is 5.57 Å². The van der Waals surface area contributed by atoms with E-state index in [1.54, 1.807) is 0 Å². The van der Waals surface area contributed by atoms with Crippen molar-refractivity contribution < 1.29 is 4.79 Å². The molecule has 0 atom stereocenters. The fourth-order valence-electron chi connectivity index (χ4n) is 1.05. The van der Waals surface area contributed by atoms with E-state index in [9.17, 15) is 4.79 Å². The highest BCUT2D eigenvalue weighted by Crippen LogP contribution is 2.08. The van der Waals surface area contributed by atoms with Crippen LogP contribution < -0.4 is 0 Å². The van der Waals surface area contributed by atoms with Crippen molar-refractivity contribution in [1.29, 1.82) is 0 Å². The Bertz CT molecular complexity index is 166. The van der Waals surface area contributed by atoms with Crippen LogP contribution in [0.25, 0.3) is 0 Å². The minimum Gasteiger partial charge on any atom is -0.298 e. The average Bonchev–Trinajstić information content (AvgIpc) is 1.87. The molecular weight excluding hydrogens is 124 g/mol. The molecule has 1 heteroatoms. The Morgan fingerprint density at radius 1 is 1.30 bits per heavy atom. The summed E-state index contributed by atoms with van der Waals surface area (Å²) in [6.45, 7) is 0. The second-order valence-corrected chi connectivity index (χ2v) is 2.51. The molecule has 0 aliphatic heterocycles. The van der Waals surface area contributed by atoms with E-state index in [4.69, 9.17) is 0 Å². The van der Waals surface area contributed by atoms with Gasteiger partial charge in [-0.15, -0.1) is 0 Å². The van der Waals surface area contributed by atoms with Crippen LogP contribution in [0.1, 0.15) is 25.7 Å². The number of carbonyl (C=O) groups is 1. The molecule has 0 heterocycles. The van der Waals surface area contributed by atoms with Gasteiger partial charge in [-0.1, -0.05) is 18.2 Å². The Morgan fingerprint density at radius 3 is 2.90 bits per heavy atom. The minimum absolute atomic E-state index is 0.833. The van der Waals surface area contributed by atoms with Gasteiger partial charge in [-0.25, -0.2) is 0 Å². The van der Waals surface area contributed by atoms with Gasteiger partial charge in [0.25, 0.3) is 0 Å². The molecule has 1 nitrogen and oxygen atoms in total. The Labute approximate surface area is 61.4 Å². The maximum Gasteiger partial charge on any atom is 0.149 e. The van der Waals surface area contributed by atoms with Crippen molar-refractivity contribution in [3.8, 4) is 0 Å². The van der Waals surface area contributed by atoms with Gasteiger partial charge >= 0.3 is 0 Å². The van der Waals surface area contributed by atoms with Crippen LogP contribution in [0.3, 0.4) is 0 Å². The van der Waals surface area contributed by atoms with Gasteiger partial charge in [0.05, 0.1) is 0 Å². The van der Waals surface area contributed by atoms with Crippen LogP contribution >= 0.6 is 0 Å². The van der Waals surface area contributed by atoms with Gasteiger partial charge in [-0.2, -0.15) is 0 Å². The monoisotopic (exact) mass is 136 g/mol. The molecule has 0 aromatic carbocycles. The molecule has 0 bridgehead atoms. The maximum atomic E-state index is 10.3. The zero-order chi connectivity index (χ0) is 7.23. The molecule has 0 unspecified atom stereocenters. The highest BCUT2D eigenvalue weighted by Gasteiger charge is 1.92. The van der Waals surface area contributed by atoms with Gasteiger partial charge in [0.2, 0.25) is 0 Å². The summed E-state index contributed by atoms with van der Waals surface area (Å²) in [7, 11) is 0. The summed E-state index contributed by atoms with van der Waals surface area (Å²) in [5.41, 5.74) is 0.833. The van der Waals surface area contributed by atoms with Gasteiger partial charge in [0.1, 0.15) is 6.29 Å². The van der Waals surface area contributed by atoms with Crippen LogP contribution in [-0.2, 0) is 4.79 Å².